The van der Waals surface area contributed by atoms with E-state index < -0.39 is 24.4 Å². The Hall–Kier alpha value is -0.460. The van der Waals surface area contributed by atoms with Crippen LogP contribution in [-0.4, -0.2) is 59.6 Å². The number of hydrogen-bond acceptors (Lipinski definition) is 5. The molecule has 24 heavy (non-hydrogen) atoms. The third-order valence-corrected chi connectivity index (χ3v) is 4.41. The van der Waals surface area contributed by atoms with Gasteiger partial charge in [-0.3, -0.25) is 0 Å². The summed E-state index contributed by atoms with van der Waals surface area (Å²) in [6.45, 7) is 3.02. The molecule has 1 heterocycles. The summed E-state index contributed by atoms with van der Waals surface area (Å²) >= 11 is 0. The van der Waals surface area contributed by atoms with Crippen molar-refractivity contribution in [2.75, 3.05) is 19.8 Å². The first-order chi connectivity index (χ1) is 11.7. The molecule has 0 unspecified atom stereocenters. The van der Waals surface area contributed by atoms with E-state index >= 15 is 0 Å². The monoisotopic (exact) mass is 344 g/mol. The lowest BCUT2D eigenvalue weighted by Gasteiger charge is -2.20. The van der Waals surface area contributed by atoms with Gasteiger partial charge in [0.15, 0.2) is 0 Å². The van der Waals surface area contributed by atoms with Crippen LogP contribution in [0.5, 0.6) is 0 Å². The number of ether oxygens (including phenoxy) is 2. The molecule has 5 heteroatoms. The number of aliphatic hydroxyl groups is 3. The summed E-state index contributed by atoms with van der Waals surface area (Å²) in [5.41, 5.74) is 0. The molecule has 1 fully saturated rings. The second-order valence-electron chi connectivity index (χ2n) is 6.67. The zero-order chi connectivity index (χ0) is 17.6. The summed E-state index contributed by atoms with van der Waals surface area (Å²) in [4.78, 5) is 0. The van der Waals surface area contributed by atoms with Crippen molar-refractivity contribution in [1.82, 2.24) is 0 Å². The lowest BCUT2D eigenvalue weighted by Crippen LogP contribution is -2.40. The Morgan fingerprint density at radius 3 is 2.33 bits per heavy atom. The highest BCUT2D eigenvalue weighted by Crippen LogP contribution is 2.17. The van der Waals surface area contributed by atoms with E-state index in [0.29, 0.717) is 6.61 Å². The first-order valence-electron chi connectivity index (χ1n) is 9.55. The van der Waals surface area contributed by atoms with Gasteiger partial charge in [0.25, 0.3) is 0 Å². The topological polar surface area (TPSA) is 79.2 Å². The fraction of sp³-hybridized carbons (Fsp3) is 0.895. The quantitative estimate of drug-likeness (QED) is 0.333. The second kappa shape index (κ2) is 13.8. The van der Waals surface area contributed by atoms with Crippen molar-refractivity contribution < 1.29 is 24.8 Å². The molecule has 0 bridgehead atoms. The van der Waals surface area contributed by atoms with Crippen molar-refractivity contribution in [2.45, 2.75) is 89.1 Å². The van der Waals surface area contributed by atoms with Gasteiger partial charge < -0.3 is 24.8 Å². The Morgan fingerprint density at radius 1 is 1.04 bits per heavy atom. The molecule has 4 atom stereocenters. The standard InChI is InChI=1S/C19H36O5/c1-2-3-4-5-6-7-8-9-10-11-12-13-23-14-17(21)19-18(22)16(20)15-24-19/h8-9,16-22H,2-7,10-15H2,1H3/b9-8+/t16-,17+,18+,19+/m1/s1. The maximum Gasteiger partial charge on any atom is 0.114 e. The van der Waals surface area contributed by atoms with Crippen LogP contribution < -0.4 is 0 Å². The number of aliphatic hydroxyl groups excluding tert-OH is 3. The van der Waals surface area contributed by atoms with Crippen molar-refractivity contribution in [2.24, 2.45) is 0 Å². The van der Waals surface area contributed by atoms with Crippen LogP contribution in [0.25, 0.3) is 0 Å². The van der Waals surface area contributed by atoms with Gasteiger partial charge in [-0.05, 0) is 32.1 Å². The zero-order valence-corrected chi connectivity index (χ0v) is 15.1. The van der Waals surface area contributed by atoms with E-state index in [-0.39, 0.29) is 13.2 Å². The molecule has 0 aromatic heterocycles. The van der Waals surface area contributed by atoms with Gasteiger partial charge in [0.05, 0.1) is 13.2 Å². The van der Waals surface area contributed by atoms with Crippen molar-refractivity contribution in [3.63, 3.8) is 0 Å². The van der Waals surface area contributed by atoms with Crippen molar-refractivity contribution in [3.8, 4) is 0 Å². The van der Waals surface area contributed by atoms with E-state index in [1.807, 2.05) is 0 Å². The normalized spacial score (nSPS) is 25.6. The van der Waals surface area contributed by atoms with Crippen LogP contribution in [0.4, 0.5) is 0 Å². The molecule has 0 spiro atoms. The fourth-order valence-corrected chi connectivity index (χ4v) is 2.83. The molecule has 0 radical (unpaired) electrons. The highest BCUT2D eigenvalue weighted by Gasteiger charge is 2.39. The maximum absolute atomic E-state index is 9.88. The van der Waals surface area contributed by atoms with E-state index in [1.165, 1.54) is 38.5 Å². The Morgan fingerprint density at radius 2 is 1.71 bits per heavy atom. The Kier molecular flexibility index (Phi) is 12.4. The van der Waals surface area contributed by atoms with Gasteiger partial charge in [0.1, 0.15) is 24.4 Å². The fourth-order valence-electron chi connectivity index (χ4n) is 2.83. The van der Waals surface area contributed by atoms with Crippen LogP contribution in [0.15, 0.2) is 12.2 Å². The number of unbranched alkanes of at least 4 members (excludes halogenated alkanes) is 7. The van der Waals surface area contributed by atoms with Crippen LogP contribution >= 0.6 is 0 Å². The summed E-state index contributed by atoms with van der Waals surface area (Å²) in [6.07, 6.45) is 11.8. The molecule has 0 saturated carbocycles. The molecule has 1 saturated heterocycles. The minimum Gasteiger partial charge on any atom is -0.388 e. The van der Waals surface area contributed by atoms with Gasteiger partial charge in [-0.15, -0.1) is 0 Å². The van der Waals surface area contributed by atoms with Crippen LogP contribution in [0.1, 0.15) is 64.7 Å². The minimum atomic E-state index is -1.03. The summed E-state index contributed by atoms with van der Waals surface area (Å²) < 4.78 is 10.6. The van der Waals surface area contributed by atoms with Gasteiger partial charge >= 0.3 is 0 Å². The molecule has 3 N–H and O–H groups in total. The van der Waals surface area contributed by atoms with E-state index in [9.17, 15) is 15.3 Å². The predicted molar refractivity (Wildman–Crippen MR) is 94.9 cm³/mol. The van der Waals surface area contributed by atoms with E-state index in [4.69, 9.17) is 9.47 Å². The SMILES string of the molecule is CCCCCCC/C=C/CCCCOC[C@H](O)[C@@H]1OC[C@@H](O)[C@@H]1O. The molecule has 1 rings (SSSR count). The number of hydrogen-bond donors (Lipinski definition) is 3. The second-order valence-corrected chi connectivity index (χ2v) is 6.67. The van der Waals surface area contributed by atoms with Gasteiger partial charge in [0, 0.05) is 6.61 Å². The molecule has 1 aliphatic heterocycles. The summed E-state index contributed by atoms with van der Waals surface area (Å²) in [5.74, 6) is 0. The molecule has 0 aliphatic carbocycles. The smallest absolute Gasteiger partial charge is 0.114 e. The van der Waals surface area contributed by atoms with Gasteiger partial charge in [-0.25, -0.2) is 0 Å². The molecule has 0 amide bonds. The van der Waals surface area contributed by atoms with Crippen molar-refractivity contribution in [1.29, 1.82) is 0 Å². The van der Waals surface area contributed by atoms with E-state index in [2.05, 4.69) is 19.1 Å². The summed E-state index contributed by atoms with van der Waals surface area (Å²) in [6, 6.07) is 0. The van der Waals surface area contributed by atoms with Crippen molar-refractivity contribution in [3.05, 3.63) is 12.2 Å². The Bertz CT molecular complexity index is 321. The zero-order valence-electron chi connectivity index (χ0n) is 15.1. The third kappa shape index (κ3) is 9.14. The highest BCUT2D eigenvalue weighted by atomic mass is 16.5. The molecule has 5 nitrogen and oxygen atoms in total. The van der Waals surface area contributed by atoms with Crippen LogP contribution in [0.2, 0.25) is 0 Å². The van der Waals surface area contributed by atoms with Crippen LogP contribution in [0, 0.1) is 0 Å². The Balaban J connectivity index is 1.88. The first-order valence-corrected chi connectivity index (χ1v) is 9.55. The first kappa shape index (κ1) is 21.6. The summed E-state index contributed by atoms with van der Waals surface area (Å²) in [7, 11) is 0. The van der Waals surface area contributed by atoms with E-state index in [0.717, 1.165) is 19.3 Å². The van der Waals surface area contributed by atoms with Gasteiger partial charge in [-0.1, -0.05) is 44.8 Å². The van der Waals surface area contributed by atoms with Gasteiger partial charge in [0.2, 0.25) is 0 Å². The number of rotatable bonds is 14. The maximum atomic E-state index is 9.88. The van der Waals surface area contributed by atoms with Crippen LogP contribution in [0.3, 0.4) is 0 Å². The van der Waals surface area contributed by atoms with Crippen molar-refractivity contribution >= 4 is 0 Å². The molecule has 1 aliphatic rings. The molecular weight excluding hydrogens is 308 g/mol. The molecule has 0 aromatic rings. The molecular formula is C19H36O5. The number of allylic oxidation sites excluding steroid dienone is 2. The minimum absolute atomic E-state index is 0.0633. The molecule has 142 valence electrons. The predicted octanol–water partition coefficient (Wildman–Crippen LogP) is 2.57. The highest BCUT2D eigenvalue weighted by molar-refractivity contribution is 4.87. The average molecular weight is 344 g/mol. The third-order valence-electron chi connectivity index (χ3n) is 4.41. The lowest BCUT2D eigenvalue weighted by molar-refractivity contribution is -0.0813. The summed E-state index contributed by atoms with van der Waals surface area (Å²) in [5, 5.41) is 28.9. The van der Waals surface area contributed by atoms with Gasteiger partial charge in [-0.2, -0.15) is 0 Å². The average Bonchev–Trinajstić information content (AvgIpc) is 2.91. The van der Waals surface area contributed by atoms with Crippen LogP contribution in [-0.2, 0) is 9.47 Å². The lowest BCUT2D eigenvalue weighted by atomic mass is 10.1. The van der Waals surface area contributed by atoms with E-state index in [1.54, 1.807) is 0 Å². The largest absolute Gasteiger partial charge is 0.388 e. The molecule has 0 aromatic carbocycles. The Labute approximate surface area is 146 Å².